The van der Waals surface area contributed by atoms with Gasteiger partial charge in [-0.15, -0.1) is 0 Å². The minimum Gasteiger partial charge on any atom is -0.313 e. The van der Waals surface area contributed by atoms with Crippen molar-refractivity contribution < 1.29 is 4.39 Å². The zero-order valence-corrected chi connectivity index (χ0v) is 13.4. The summed E-state index contributed by atoms with van der Waals surface area (Å²) >= 11 is 3.39. The van der Waals surface area contributed by atoms with Crippen molar-refractivity contribution in [2.75, 3.05) is 6.54 Å². The Balaban J connectivity index is 2.11. The Bertz CT molecular complexity index is 425. The zero-order chi connectivity index (χ0) is 13.9. The first-order chi connectivity index (χ1) is 9.10. The molecule has 1 aromatic rings. The Kier molecular flexibility index (Phi) is 5.02. The fraction of sp³-hybridized carbons (Fsp3) is 0.625. The molecule has 0 spiro atoms. The zero-order valence-electron chi connectivity index (χ0n) is 11.8. The van der Waals surface area contributed by atoms with Crippen molar-refractivity contribution in [3.05, 3.63) is 34.1 Å². The molecule has 0 aliphatic heterocycles. The van der Waals surface area contributed by atoms with E-state index >= 15 is 0 Å². The van der Waals surface area contributed by atoms with Crippen LogP contribution in [0, 0.1) is 11.2 Å². The van der Waals surface area contributed by atoms with Crippen LogP contribution in [0.5, 0.6) is 0 Å². The van der Waals surface area contributed by atoms with Crippen LogP contribution in [0.4, 0.5) is 4.39 Å². The minimum atomic E-state index is -0.159. The second-order valence-corrected chi connectivity index (χ2v) is 6.54. The third-order valence-electron chi connectivity index (χ3n) is 4.44. The molecule has 0 saturated heterocycles. The van der Waals surface area contributed by atoms with E-state index in [1.165, 1.54) is 18.9 Å². The van der Waals surface area contributed by atoms with Gasteiger partial charge in [-0.05, 0) is 65.1 Å². The molecule has 2 rings (SSSR count). The van der Waals surface area contributed by atoms with Gasteiger partial charge in [-0.1, -0.05) is 26.0 Å². The number of hydrogen-bond donors (Lipinski definition) is 1. The maximum absolute atomic E-state index is 13.6. The van der Waals surface area contributed by atoms with Crippen molar-refractivity contribution in [2.24, 2.45) is 5.41 Å². The van der Waals surface area contributed by atoms with Gasteiger partial charge in [0.15, 0.2) is 0 Å². The third-order valence-corrected chi connectivity index (χ3v) is 5.33. The lowest BCUT2D eigenvalue weighted by atomic mass is 9.77. The summed E-state index contributed by atoms with van der Waals surface area (Å²) in [6.45, 7) is 5.52. The fourth-order valence-electron chi connectivity index (χ4n) is 2.55. The summed E-state index contributed by atoms with van der Waals surface area (Å²) in [4.78, 5) is 0. The molecule has 0 atom stereocenters. The third kappa shape index (κ3) is 3.79. The van der Waals surface area contributed by atoms with Gasteiger partial charge < -0.3 is 5.32 Å². The van der Waals surface area contributed by atoms with Gasteiger partial charge in [0.1, 0.15) is 5.82 Å². The van der Waals surface area contributed by atoms with Gasteiger partial charge in [-0.3, -0.25) is 0 Å². The monoisotopic (exact) mass is 327 g/mol. The van der Waals surface area contributed by atoms with Crippen LogP contribution in [0.3, 0.4) is 0 Å². The number of hydrogen-bond acceptors (Lipinski definition) is 1. The van der Waals surface area contributed by atoms with E-state index in [0.29, 0.717) is 4.47 Å². The first kappa shape index (κ1) is 15.0. The molecule has 0 bridgehead atoms. The highest BCUT2D eigenvalue weighted by Gasteiger charge is 2.30. The lowest BCUT2D eigenvalue weighted by Crippen LogP contribution is -2.36. The first-order valence-electron chi connectivity index (χ1n) is 7.26. The van der Waals surface area contributed by atoms with Crippen LogP contribution in [-0.2, 0) is 6.42 Å². The van der Waals surface area contributed by atoms with Crippen molar-refractivity contribution in [1.29, 1.82) is 0 Å². The number of rotatable bonds is 7. The molecule has 1 aliphatic rings. The molecule has 1 aromatic carbocycles. The Morgan fingerprint density at radius 1 is 1.32 bits per heavy atom. The number of nitrogens with one attached hydrogen (secondary N) is 1. The van der Waals surface area contributed by atoms with Gasteiger partial charge in [0.05, 0.1) is 4.47 Å². The van der Waals surface area contributed by atoms with E-state index in [2.05, 4.69) is 35.1 Å². The average Bonchev–Trinajstić information content (AvgIpc) is 3.24. The van der Waals surface area contributed by atoms with Crippen molar-refractivity contribution >= 4 is 15.9 Å². The molecule has 0 aromatic heterocycles. The predicted octanol–water partition coefficient (Wildman–Crippen LogP) is 4.69. The van der Waals surface area contributed by atoms with Crippen LogP contribution in [-0.4, -0.2) is 12.6 Å². The first-order valence-corrected chi connectivity index (χ1v) is 8.06. The van der Waals surface area contributed by atoms with Crippen LogP contribution in [0.2, 0.25) is 0 Å². The van der Waals surface area contributed by atoms with Crippen LogP contribution in [0.1, 0.15) is 45.1 Å². The molecule has 106 valence electrons. The predicted molar refractivity (Wildman–Crippen MR) is 81.8 cm³/mol. The quantitative estimate of drug-likeness (QED) is 0.766. The topological polar surface area (TPSA) is 12.0 Å². The van der Waals surface area contributed by atoms with Crippen molar-refractivity contribution in [2.45, 2.75) is 52.0 Å². The van der Waals surface area contributed by atoms with Gasteiger partial charge in [0.2, 0.25) is 0 Å². The Labute approximate surface area is 124 Å². The molecule has 0 radical (unpaired) electrons. The molecule has 1 nitrogen and oxygen atoms in total. The van der Waals surface area contributed by atoms with E-state index in [-0.39, 0.29) is 11.2 Å². The molecule has 1 saturated carbocycles. The highest BCUT2D eigenvalue weighted by molar-refractivity contribution is 9.10. The summed E-state index contributed by atoms with van der Waals surface area (Å²) in [5.74, 6) is -0.159. The van der Waals surface area contributed by atoms with E-state index < -0.39 is 0 Å². The molecule has 1 N–H and O–H groups in total. The van der Waals surface area contributed by atoms with Crippen LogP contribution in [0.15, 0.2) is 22.7 Å². The summed E-state index contributed by atoms with van der Waals surface area (Å²) in [7, 11) is 0. The van der Waals surface area contributed by atoms with Gasteiger partial charge in [-0.25, -0.2) is 4.39 Å². The summed E-state index contributed by atoms with van der Waals surface area (Å²) in [6.07, 6.45) is 5.79. The Hall–Kier alpha value is -0.410. The van der Waals surface area contributed by atoms with Crippen LogP contribution in [0.25, 0.3) is 0 Å². The molecule has 0 amide bonds. The van der Waals surface area contributed by atoms with Gasteiger partial charge in [0, 0.05) is 12.6 Å². The lowest BCUT2D eigenvalue weighted by molar-refractivity contribution is 0.245. The molecule has 1 fully saturated rings. The molecule has 1 aliphatic carbocycles. The SMILES string of the molecule is CCC(CC)(CNC1CC1)Cc1cccc(F)c1Br. The number of halogens is 2. The molecule has 0 heterocycles. The molecule has 0 unspecified atom stereocenters. The largest absolute Gasteiger partial charge is 0.313 e. The van der Waals surface area contributed by atoms with Crippen molar-refractivity contribution in [1.82, 2.24) is 5.32 Å². The molecular formula is C16H23BrFN. The van der Waals surface area contributed by atoms with Gasteiger partial charge >= 0.3 is 0 Å². The van der Waals surface area contributed by atoms with E-state index in [1.807, 2.05) is 6.07 Å². The highest BCUT2D eigenvalue weighted by Crippen LogP contribution is 2.34. The number of benzene rings is 1. The van der Waals surface area contributed by atoms with E-state index in [1.54, 1.807) is 6.07 Å². The van der Waals surface area contributed by atoms with Gasteiger partial charge in [-0.2, -0.15) is 0 Å². The second kappa shape index (κ2) is 6.36. The second-order valence-electron chi connectivity index (χ2n) is 5.75. The smallest absolute Gasteiger partial charge is 0.137 e. The molecular weight excluding hydrogens is 305 g/mol. The molecule has 19 heavy (non-hydrogen) atoms. The van der Waals surface area contributed by atoms with Crippen LogP contribution < -0.4 is 5.32 Å². The average molecular weight is 328 g/mol. The summed E-state index contributed by atoms with van der Waals surface area (Å²) in [5.41, 5.74) is 1.32. The van der Waals surface area contributed by atoms with E-state index in [4.69, 9.17) is 0 Å². The summed E-state index contributed by atoms with van der Waals surface area (Å²) < 4.78 is 14.3. The molecule has 3 heteroatoms. The normalized spacial score (nSPS) is 15.8. The Morgan fingerprint density at radius 3 is 2.58 bits per heavy atom. The lowest BCUT2D eigenvalue weighted by Gasteiger charge is -2.33. The van der Waals surface area contributed by atoms with Crippen molar-refractivity contribution in [3.8, 4) is 0 Å². The highest BCUT2D eigenvalue weighted by atomic mass is 79.9. The minimum absolute atomic E-state index is 0.159. The van der Waals surface area contributed by atoms with E-state index in [9.17, 15) is 4.39 Å². The van der Waals surface area contributed by atoms with Gasteiger partial charge in [0.25, 0.3) is 0 Å². The summed E-state index contributed by atoms with van der Waals surface area (Å²) in [6, 6.07) is 6.08. The fourth-order valence-corrected chi connectivity index (χ4v) is 2.95. The standard InChI is InChI=1S/C16H23BrFN/c1-3-16(4-2,11-19-13-8-9-13)10-12-6-5-7-14(18)15(12)17/h5-7,13,19H,3-4,8-11H2,1-2H3. The maximum Gasteiger partial charge on any atom is 0.137 e. The summed E-state index contributed by atoms with van der Waals surface area (Å²) in [5, 5.41) is 3.64. The van der Waals surface area contributed by atoms with E-state index in [0.717, 1.165) is 37.4 Å². The van der Waals surface area contributed by atoms with Crippen LogP contribution >= 0.6 is 15.9 Å². The Morgan fingerprint density at radius 2 is 2.00 bits per heavy atom. The maximum atomic E-state index is 13.6. The van der Waals surface area contributed by atoms with Crippen molar-refractivity contribution in [3.63, 3.8) is 0 Å².